The topological polar surface area (TPSA) is 104 Å². The van der Waals surface area contributed by atoms with Crippen LogP contribution < -0.4 is 11.2 Å². The average molecular weight is 483 g/mol. The Bertz CT molecular complexity index is 1370. The highest BCUT2D eigenvalue weighted by Gasteiger charge is 2.24. The van der Waals surface area contributed by atoms with E-state index >= 15 is 0 Å². The van der Waals surface area contributed by atoms with E-state index in [2.05, 4.69) is 9.97 Å². The lowest BCUT2D eigenvalue weighted by atomic mass is 9.96. The van der Waals surface area contributed by atoms with E-state index in [1.165, 1.54) is 35.9 Å². The molecular formula is C20H23ClN4O4S2. The summed E-state index contributed by atoms with van der Waals surface area (Å²) in [5.41, 5.74) is -1.20. The molecule has 0 aliphatic carbocycles. The summed E-state index contributed by atoms with van der Waals surface area (Å²) in [7, 11) is -0.599. The third-order valence-electron chi connectivity index (χ3n) is 4.70. The van der Waals surface area contributed by atoms with E-state index in [0.717, 1.165) is 16.3 Å². The van der Waals surface area contributed by atoms with Gasteiger partial charge in [0.2, 0.25) is 0 Å². The van der Waals surface area contributed by atoms with Crippen LogP contribution in [0.3, 0.4) is 0 Å². The third-order valence-corrected chi connectivity index (χ3v) is 7.92. The summed E-state index contributed by atoms with van der Waals surface area (Å²) in [5, 5.41) is 1.01. The van der Waals surface area contributed by atoms with Gasteiger partial charge in [-0.2, -0.15) is 0 Å². The normalized spacial score (nSPS) is 12.5. The van der Waals surface area contributed by atoms with Gasteiger partial charge in [-0.1, -0.05) is 32.4 Å². The largest absolute Gasteiger partial charge is 0.332 e. The number of halogens is 1. The zero-order chi connectivity index (χ0) is 23.1. The maximum atomic E-state index is 12.8. The smallest absolute Gasteiger partial charge is 0.280 e. The molecule has 0 atom stereocenters. The van der Waals surface area contributed by atoms with Crippen molar-refractivity contribution in [1.82, 2.24) is 19.1 Å². The standard InChI is InChI=1S/C20H23ClN4O4S2/c1-20(2,3)18-22-15-14(17(26)25(5)19(27)24(15)4)16(23-18)30-10-11-31(28,29)13-8-6-12(21)7-9-13/h6-9H,10-11H2,1-5H3. The van der Waals surface area contributed by atoms with E-state index < -0.39 is 26.5 Å². The van der Waals surface area contributed by atoms with Crippen LogP contribution in [-0.4, -0.2) is 39.0 Å². The zero-order valence-corrected chi connectivity index (χ0v) is 20.2. The molecule has 0 radical (unpaired) electrons. The maximum absolute atomic E-state index is 12.8. The minimum atomic E-state index is -3.53. The Balaban J connectivity index is 2.04. The summed E-state index contributed by atoms with van der Waals surface area (Å²) in [4.78, 5) is 34.4. The van der Waals surface area contributed by atoms with E-state index in [1.807, 2.05) is 20.8 Å². The van der Waals surface area contributed by atoms with Crippen LogP contribution in [0.1, 0.15) is 26.6 Å². The third kappa shape index (κ3) is 4.70. The van der Waals surface area contributed by atoms with Crippen molar-refractivity contribution in [2.75, 3.05) is 11.5 Å². The van der Waals surface area contributed by atoms with Gasteiger partial charge in [0.05, 0.1) is 10.6 Å². The second kappa shape index (κ2) is 8.40. The van der Waals surface area contributed by atoms with E-state index in [4.69, 9.17) is 11.6 Å². The second-order valence-corrected chi connectivity index (χ2v) is 11.8. The summed E-state index contributed by atoms with van der Waals surface area (Å²) >= 11 is 6.99. The van der Waals surface area contributed by atoms with Gasteiger partial charge >= 0.3 is 5.69 Å². The SMILES string of the molecule is Cn1c(=O)c2c(SCCS(=O)(=O)c3ccc(Cl)cc3)nc(C(C)(C)C)nc2n(C)c1=O. The molecule has 11 heteroatoms. The number of thioether (sulfide) groups is 1. The van der Waals surface area contributed by atoms with Crippen LogP contribution in [0.25, 0.3) is 11.0 Å². The summed E-state index contributed by atoms with van der Waals surface area (Å²) in [5.74, 6) is 0.486. The fourth-order valence-corrected chi connectivity index (χ4v) is 5.67. The molecule has 0 aliphatic heterocycles. The minimum absolute atomic E-state index is 0.151. The van der Waals surface area contributed by atoms with Crippen molar-refractivity contribution in [1.29, 1.82) is 0 Å². The highest BCUT2D eigenvalue weighted by atomic mass is 35.5. The van der Waals surface area contributed by atoms with Crippen LogP contribution >= 0.6 is 23.4 Å². The second-order valence-electron chi connectivity index (χ2n) is 8.13. The van der Waals surface area contributed by atoms with Gasteiger partial charge < -0.3 is 0 Å². The average Bonchev–Trinajstić information content (AvgIpc) is 2.69. The fourth-order valence-electron chi connectivity index (χ4n) is 2.88. The van der Waals surface area contributed by atoms with Gasteiger partial charge in [-0.05, 0) is 24.3 Å². The van der Waals surface area contributed by atoms with E-state index in [0.29, 0.717) is 15.9 Å². The maximum Gasteiger partial charge on any atom is 0.332 e. The lowest BCUT2D eigenvalue weighted by Crippen LogP contribution is -2.38. The van der Waals surface area contributed by atoms with Gasteiger partial charge in [-0.25, -0.2) is 23.2 Å². The first-order chi connectivity index (χ1) is 14.3. The Morgan fingerprint density at radius 2 is 1.65 bits per heavy atom. The zero-order valence-electron chi connectivity index (χ0n) is 17.8. The minimum Gasteiger partial charge on any atom is -0.280 e. The van der Waals surface area contributed by atoms with Crippen molar-refractivity contribution in [3.63, 3.8) is 0 Å². The van der Waals surface area contributed by atoms with Crippen molar-refractivity contribution < 1.29 is 8.42 Å². The molecule has 166 valence electrons. The van der Waals surface area contributed by atoms with Gasteiger partial charge in [0.25, 0.3) is 5.56 Å². The van der Waals surface area contributed by atoms with Gasteiger partial charge in [0, 0.05) is 30.3 Å². The van der Waals surface area contributed by atoms with Gasteiger partial charge in [-0.15, -0.1) is 11.8 Å². The Kier molecular flexibility index (Phi) is 6.37. The lowest BCUT2D eigenvalue weighted by Gasteiger charge is -2.19. The van der Waals surface area contributed by atoms with Crippen molar-refractivity contribution in [2.45, 2.75) is 36.1 Å². The van der Waals surface area contributed by atoms with E-state index in [-0.39, 0.29) is 27.4 Å². The molecule has 0 unspecified atom stereocenters. The lowest BCUT2D eigenvalue weighted by molar-refractivity contribution is 0.539. The molecule has 0 spiro atoms. The van der Waals surface area contributed by atoms with Gasteiger partial charge in [0.15, 0.2) is 15.5 Å². The molecule has 0 amide bonds. The molecule has 3 aromatic rings. The molecule has 0 bridgehead atoms. The monoisotopic (exact) mass is 482 g/mol. The van der Waals surface area contributed by atoms with Crippen molar-refractivity contribution >= 4 is 44.2 Å². The van der Waals surface area contributed by atoms with Crippen molar-refractivity contribution in [3.8, 4) is 0 Å². The predicted molar refractivity (Wildman–Crippen MR) is 123 cm³/mol. The van der Waals surface area contributed by atoms with E-state index in [9.17, 15) is 18.0 Å². The molecule has 0 saturated carbocycles. The molecule has 31 heavy (non-hydrogen) atoms. The summed E-state index contributed by atoms with van der Waals surface area (Å²) in [6.07, 6.45) is 0. The highest BCUT2D eigenvalue weighted by Crippen LogP contribution is 2.27. The number of benzene rings is 1. The number of aromatic nitrogens is 4. The Labute approximate surface area is 189 Å². The number of rotatable bonds is 5. The first-order valence-corrected chi connectivity index (χ1v) is 12.4. The first-order valence-electron chi connectivity index (χ1n) is 9.42. The molecule has 0 N–H and O–H groups in total. The summed E-state index contributed by atoms with van der Waals surface area (Å²) in [6.45, 7) is 5.77. The Morgan fingerprint density at radius 1 is 1.03 bits per heavy atom. The molecule has 0 aliphatic rings. The first kappa shape index (κ1) is 23.5. The molecule has 3 rings (SSSR count). The van der Waals surface area contributed by atoms with Gasteiger partial charge in [0.1, 0.15) is 16.2 Å². The number of sulfone groups is 1. The number of fused-ring (bicyclic) bond motifs is 1. The molecule has 2 aromatic heterocycles. The molecular weight excluding hydrogens is 460 g/mol. The Morgan fingerprint density at radius 3 is 2.23 bits per heavy atom. The molecule has 0 saturated heterocycles. The van der Waals surface area contributed by atoms with Crippen LogP contribution in [0, 0.1) is 0 Å². The molecule has 0 fully saturated rings. The quantitative estimate of drug-likeness (QED) is 0.406. The van der Waals surface area contributed by atoms with E-state index in [1.54, 1.807) is 7.05 Å². The highest BCUT2D eigenvalue weighted by molar-refractivity contribution is 8.00. The number of hydrogen-bond acceptors (Lipinski definition) is 7. The number of aryl methyl sites for hydroxylation is 1. The van der Waals surface area contributed by atoms with Crippen molar-refractivity contribution in [3.05, 3.63) is 56.0 Å². The van der Waals surface area contributed by atoms with Crippen LogP contribution in [0.4, 0.5) is 0 Å². The molecule has 2 heterocycles. The van der Waals surface area contributed by atoms with Crippen LogP contribution in [0.15, 0.2) is 43.8 Å². The molecule has 1 aromatic carbocycles. The van der Waals surface area contributed by atoms with Gasteiger partial charge in [-0.3, -0.25) is 13.9 Å². The summed E-state index contributed by atoms with van der Waals surface area (Å²) in [6, 6.07) is 5.98. The number of nitrogens with zero attached hydrogens (tertiary/aromatic N) is 4. The Hall–Kier alpha value is -2.17. The fraction of sp³-hybridized carbons (Fsp3) is 0.400. The van der Waals surface area contributed by atoms with Crippen LogP contribution in [0.2, 0.25) is 5.02 Å². The number of hydrogen-bond donors (Lipinski definition) is 0. The van der Waals surface area contributed by atoms with Crippen LogP contribution in [-0.2, 0) is 29.3 Å². The molecule has 8 nitrogen and oxygen atoms in total. The predicted octanol–water partition coefficient (Wildman–Crippen LogP) is 2.54. The summed E-state index contributed by atoms with van der Waals surface area (Å²) < 4.78 is 27.6. The van der Waals surface area contributed by atoms with Crippen molar-refractivity contribution in [2.24, 2.45) is 14.1 Å². The van der Waals surface area contributed by atoms with Crippen LogP contribution in [0.5, 0.6) is 0 Å².